The zero-order valence-corrected chi connectivity index (χ0v) is 9.96. The molecule has 18 heavy (non-hydrogen) atoms. The van der Waals surface area contributed by atoms with Gasteiger partial charge in [0, 0.05) is 12.6 Å². The van der Waals surface area contributed by atoms with E-state index in [9.17, 15) is 4.79 Å². The van der Waals surface area contributed by atoms with Gasteiger partial charge in [-0.2, -0.15) is 0 Å². The SMILES string of the molecule is COc1cccc(Cc2nccc(C(N)=O)n2)c1. The number of ether oxygens (including phenoxy) is 1. The average Bonchev–Trinajstić information content (AvgIpc) is 2.39. The number of rotatable bonds is 4. The minimum Gasteiger partial charge on any atom is -0.497 e. The highest BCUT2D eigenvalue weighted by Gasteiger charge is 2.05. The van der Waals surface area contributed by atoms with Crippen molar-refractivity contribution >= 4 is 5.91 Å². The lowest BCUT2D eigenvalue weighted by molar-refractivity contribution is 0.0995. The normalized spacial score (nSPS) is 10.1. The average molecular weight is 243 g/mol. The van der Waals surface area contributed by atoms with Gasteiger partial charge in [-0.15, -0.1) is 0 Å². The summed E-state index contributed by atoms with van der Waals surface area (Å²) in [7, 11) is 1.61. The molecule has 2 aromatic rings. The maximum atomic E-state index is 11.0. The Morgan fingerprint density at radius 2 is 2.22 bits per heavy atom. The van der Waals surface area contributed by atoms with Crippen LogP contribution >= 0.6 is 0 Å². The van der Waals surface area contributed by atoms with E-state index in [1.54, 1.807) is 7.11 Å². The Kier molecular flexibility index (Phi) is 3.52. The minimum atomic E-state index is -0.552. The van der Waals surface area contributed by atoms with Crippen molar-refractivity contribution in [2.24, 2.45) is 5.73 Å². The van der Waals surface area contributed by atoms with E-state index in [0.717, 1.165) is 11.3 Å². The summed E-state index contributed by atoms with van der Waals surface area (Å²) in [6, 6.07) is 9.11. The van der Waals surface area contributed by atoms with Crippen LogP contribution in [0.3, 0.4) is 0 Å². The Balaban J connectivity index is 2.22. The van der Waals surface area contributed by atoms with Crippen molar-refractivity contribution in [3.63, 3.8) is 0 Å². The van der Waals surface area contributed by atoms with E-state index in [0.29, 0.717) is 12.2 Å². The third-order valence-corrected chi connectivity index (χ3v) is 2.45. The first-order valence-electron chi connectivity index (χ1n) is 5.43. The fraction of sp³-hybridized carbons (Fsp3) is 0.154. The summed E-state index contributed by atoms with van der Waals surface area (Å²) >= 11 is 0. The molecule has 0 aliphatic carbocycles. The monoisotopic (exact) mass is 243 g/mol. The van der Waals surface area contributed by atoms with Gasteiger partial charge in [0.2, 0.25) is 0 Å². The van der Waals surface area contributed by atoms with E-state index < -0.39 is 5.91 Å². The van der Waals surface area contributed by atoms with Crippen LogP contribution in [-0.2, 0) is 6.42 Å². The van der Waals surface area contributed by atoms with Gasteiger partial charge in [0.1, 0.15) is 17.3 Å². The lowest BCUT2D eigenvalue weighted by atomic mass is 10.1. The van der Waals surface area contributed by atoms with Crippen LogP contribution in [-0.4, -0.2) is 23.0 Å². The van der Waals surface area contributed by atoms with Crippen molar-refractivity contribution in [2.45, 2.75) is 6.42 Å². The molecule has 1 heterocycles. The number of hydrogen-bond acceptors (Lipinski definition) is 4. The van der Waals surface area contributed by atoms with Gasteiger partial charge in [-0.25, -0.2) is 9.97 Å². The molecular formula is C13H13N3O2. The van der Waals surface area contributed by atoms with Crippen LogP contribution in [0.2, 0.25) is 0 Å². The van der Waals surface area contributed by atoms with Crippen LogP contribution in [0.1, 0.15) is 21.9 Å². The molecular weight excluding hydrogens is 230 g/mol. The van der Waals surface area contributed by atoms with Crippen LogP contribution in [0.25, 0.3) is 0 Å². The van der Waals surface area contributed by atoms with Gasteiger partial charge in [0.05, 0.1) is 7.11 Å². The van der Waals surface area contributed by atoms with E-state index in [4.69, 9.17) is 10.5 Å². The molecule has 5 heteroatoms. The van der Waals surface area contributed by atoms with Gasteiger partial charge < -0.3 is 10.5 Å². The quantitative estimate of drug-likeness (QED) is 0.874. The first-order valence-corrected chi connectivity index (χ1v) is 5.43. The van der Waals surface area contributed by atoms with Crippen LogP contribution in [0, 0.1) is 0 Å². The highest BCUT2D eigenvalue weighted by atomic mass is 16.5. The molecule has 0 atom stereocenters. The molecule has 1 amide bonds. The molecule has 0 aliphatic heterocycles. The number of nitrogens with zero attached hydrogens (tertiary/aromatic N) is 2. The molecule has 5 nitrogen and oxygen atoms in total. The highest BCUT2D eigenvalue weighted by molar-refractivity contribution is 5.90. The standard InChI is InChI=1S/C13H13N3O2/c1-18-10-4-2-3-9(7-10)8-12-15-6-5-11(16-12)13(14)17/h2-7H,8H2,1H3,(H2,14,17). The molecule has 1 aromatic carbocycles. The summed E-state index contributed by atoms with van der Waals surface area (Å²) < 4.78 is 5.14. The van der Waals surface area contributed by atoms with Crippen molar-refractivity contribution in [1.29, 1.82) is 0 Å². The Labute approximate surface area is 105 Å². The summed E-state index contributed by atoms with van der Waals surface area (Å²) in [5.41, 5.74) is 6.41. The van der Waals surface area contributed by atoms with Crippen molar-refractivity contribution in [3.05, 3.63) is 53.6 Å². The molecule has 0 aliphatic rings. The van der Waals surface area contributed by atoms with Crippen LogP contribution in [0.15, 0.2) is 36.5 Å². The van der Waals surface area contributed by atoms with Gasteiger partial charge in [-0.1, -0.05) is 12.1 Å². The first-order chi connectivity index (χ1) is 8.69. The largest absolute Gasteiger partial charge is 0.497 e. The molecule has 0 radical (unpaired) electrons. The molecule has 2 rings (SSSR count). The first kappa shape index (κ1) is 12.0. The third kappa shape index (κ3) is 2.82. The Bertz CT molecular complexity index is 570. The summed E-state index contributed by atoms with van der Waals surface area (Å²) in [6.07, 6.45) is 2.06. The number of aromatic nitrogens is 2. The molecule has 0 fully saturated rings. The fourth-order valence-corrected chi connectivity index (χ4v) is 1.59. The zero-order chi connectivity index (χ0) is 13.0. The van der Waals surface area contributed by atoms with Crippen molar-refractivity contribution in [3.8, 4) is 5.75 Å². The van der Waals surface area contributed by atoms with Crippen LogP contribution in [0.5, 0.6) is 5.75 Å². The number of benzene rings is 1. The van der Waals surface area contributed by atoms with E-state index in [-0.39, 0.29) is 5.69 Å². The summed E-state index contributed by atoms with van der Waals surface area (Å²) in [5.74, 6) is 0.780. The highest BCUT2D eigenvalue weighted by Crippen LogP contribution is 2.14. The second-order valence-corrected chi connectivity index (χ2v) is 3.75. The zero-order valence-electron chi connectivity index (χ0n) is 9.96. The van der Waals surface area contributed by atoms with Crippen molar-refractivity contribution in [1.82, 2.24) is 9.97 Å². The van der Waals surface area contributed by atoms with E-state index in [2.05, 4.69) is 9.97 Å². The maximum absolute atomic E-state index is 11.0. The Hall–Kier alpha value is -2.43. The number of primary amides is 1. The van der Waals surface area contributed by atoms with E-state index in [1.807, 2.05) is 24.3 Å². The van der Waals surface area contributed by atoms with Gasteiger partial charge in [0.25, 0.3) is 5.91 Å². The number of carbonyl (C=O) groups is 1. The Morgan fingerprint density at radius 1 is 1.39 bits per heavy atom. The van der Waals surface area contributed by atoms with Crippen molar-refractivity contribution < 1.29 is 9.53 Å². The van der Waals surface area contributed by atoms with Gasteiger partial charge in [-0.3, -0.25) is 4.79 Å². The molecule has 0 bridgehead atoms. The number of methoxy groups -OCH3 is 1. The third-order valence-electron chi connectivity index (χ3n) is 2.45. The lowest BCUT2D eigenvalue weighted by Gasteiger charge is -2.04. The second-order valence-electron chi connectivity index (χ2n) is 3.75. The second kappa shape index (κ2) is 5.27. The lowest BCUT2D eigenvalue weighted by Crippen LogP contribution is -2.14. The predicted octanol–water partition coefficient (Wildman–Crippen LogP) is 1.17. The van der Waals surface area contributed by atoms with Crippen LogP contribution < -0.4 is 10.5 Å². The fourth-order valence-electron chi connectivity index (χ4n) is 1.59. The smallest absolute Gasteiger partial charge is 0.267 e. The number of hydrogen-bond donors (Lipinski definition) is 1. The van der Waals surface area contributed by atoms with Crippen molar-refractivity contribution in [2.75, 3.05) is 7.11 Å². The predicted molar refractivity (Wildman–Crippen MR) is 66.3 cm³/mol. The number of amides is 1. The molecule has 0 spiro atoms. The molecule has 92 valence electrons. The van der Waals surface area contributed by atoms with E-state index in [1.165, 1.54) is 12.3 Å². The van der Waals surface area contributed by atoms with Crippen LogP contribution in [0.4, 0.5) is 0 Å². The summed E-state index contributed by atoms with van der Waals surface area (Å²) in [4.78, 5) is 19.2. The maximum Gasteiger partial charge on any atom is 0.267 e. The number of carbonyl (C=O) groups excluding carboxylic acids is 1. The molecule has 2 N–H and O–H groups in total. The van der Waals surface area contributed by atoms with Gasteiger partial charge in [-0.05, 0) is 23.8 Å². The van der Waals surface area contributed by atoms with E-state index >= 15 is 0 Å². The van der Waals surface area contributed by atoms with Gasteiger partial charge in [0.15, 0.2) is 0 Å². The van der Waals surface area contributed by atoms with Gasteiger partial charge >= 0.3 is 0 Å². The molecule has 1 aromatic heterocycles. The topological polar surface area (TPSA) is 78.1 Å². The molecule has 0 unspecified atom stereocenters. The summed E-state index contributed by atoms with van der Waals surface area (Å²) in [6.45, 7) is 0. The summed E-state index contributed by atoms with van der Waals surface area (Å²) in [5, 5.41) is 0. The molecule has 0 saturated carbocycles. The minimum absolute atomic E-state index is 0.225. The molecule has 0 saturated heterocycles. The number of nitrogens with two attached hydrogens (primary N) is 1. The Morgan fingerprint density at radius 3 is 2.94 bits per heavy atom.